The molecule has 1 atom stereocenters. The van der Waals surface area contributed by atoms with Crippen molar-refractivity contribution in [3.05, 3.63) is 33.9 Å². The molecule has 24 heavy (non-hydrogen) atoms. The standard InChI is InChI=1S/C15H21N3O5.ClH/c1-16-12-5-6-17(9-12)8-11-3-4-14(13(7-11)18(20)21)23-10-15(19)22-2;/h3-4,7,12,16H,5-6,8-10H2,1-2H3;1H. The van der Waals surface area contributed by atoms with Gasteiger partial charge in [-0.2, -0.15) is 0 Å². The van der Waals surface area contributed by atoms with Crippen LogP contribution in [-0.4, -0.2) is 55.7 Å². The molecule has 1 aliphatic rings. The van der Waals surface area contributed by atoms with Gasteiger partial charge in [-0.25, -0.2) is 4.79 Å². The number of rotatable bonds is 7. The number of hydrogen-bond acceptors (Lipinski definition) is 7. The number of hydrogen-bond donors (Lipinski definition) is 1. The fourth-order valence-corrected chi connectivity index (χ4v) is 2.59. The molecule has 0 aromatic heterocycles. The van der Waals surface area contributed by atoms with Crippen molar-refractivity contribution < 1.29 is 19.2 Å². The van der Waals surface area contributed by atoms with Crippen LogP contribution in [-0.2, 0) is 16.1 Å². The quantitative estimate of drug-likeness (QED) is 0.446. The number of likely N-dealkylation sites (N-methyl/N-ethyl adjacent to an activating group) is 1. The number of nitro benzene ring substituents is 1. The Hall–Kier alpha value is -1.90. The second kappa shape index (κ2) is 9.41. The van der Waals surface area contributed by atoms with Crippen molar-refractivity contribution in [1.82, 2.24) is 10.2 Å². The molecule has 134 valence electrons. The predicted molar refractivity (Wildman–Crippen MR) is 90.6 cm³/mol. The summed E-state index contributed by atoms with van der Waals surface area (Å²) in [4.78, 5) is 24.0. The second-order valence-electron chi connectivity index (χ2n) is 5.43. The molecule has 1 N–H and O–H groups in total. The first-order valence-electron chi connectivity index (χ1n) is 7.40. The third-order valence-electron chi connectivity index (χ3n) is 3.88. The molecule has 1 heterocycles. The van der Waals surface area contributed by atoms with Crippen LogP contribution in [0.4, 0.5) is 5.69 Å². The highest BCUT2D eigenvalue weighted by atomic mass is 35.5. The van der Waals surface area contributed by atoms with Gasteiger partial charge in [-0.3, -0.25) is 15.0 Å². The number of nitro groups is 1. The molecule has 1 fully saturated rings. The van der Waals surface area contributed by atoms with E-state index in [1.165, 1.54) is 19.2 Å². The summed E-state index contributed by atoms with van der Waals surface area (Å²) in [6.45, 7) is 2.17. The molecule has 8 nitrogen and oxygen atoms in total. The number of methoxy groups -OCH3 is 1. The molecule has 1 aromatic carbocycles. The summed E-state index contributed by atoms with van der Waals surface area (Å²) in [7, 11) is 3.17. The monoisotopic (exact) mass is 359 g/mol. The Morgan fingerprint density at radius 3 is 2.83 bits per heavy atom. The van der Waals surface area contributed by atoms with Gasteiger partial charge in [0.25, 0.3) is 0 Å². The van der Waals surface area contributed by atoms with Crippen LogP contribution in [0.5, 0.6) is 5.75 Å². The van der Waals surface area contributed by atoms with Gasteiger partial charge in [0.1, 0.15) is 0 Å². The van der Waals surface area contributed by atoms with E-state index in [-0.39, 0.29) is 30.5 Å². The molecular formula is C15H22ClN3O5. The van der Waals surface area contributed by atoms with Crippen molar-refractivity contribution in [1.29, 1.82) is 0 Å². The Kier molecular flexibility index (Phi) is 7.90. The summed E-state index contributed by atoms with van der Waals surface area (Å²) >= 11 is 0. The van der Waals surface area contributed by atoms with Crippen LogP contribution >= 0.6 is 12.4 Å². The lowest BCUT2D eigenvalue weighted by Gasteiger charge is -2.16. The number of halogens is 1. The molecule has 1 saturated heterocycles. The lowest BCUT2D eigenvalue weighted by molar-refractivity contribution is -0.385. The van der Waals surface area contributed by atoms with Crippen molar-refractivity contribution in [2.45, 2.75) is 19.0 Å². The number of nitrogens with zero attached hydrogens (tertiary/aromatic N) is 2. The number of carbonyl (C=O) groups excluding carboxylic acids is 1. The minimum absolute atomic E-state index is 0. The summed E-state index contributed by atoms with van der Waals surface area (Å²) in [5.41, 5.74) is 0.703. The fourth-order valence-electron chi connectivity index (χ4n) is 2.59. The first-order valence-corrected chi connectivity index (χ1v) is 7.40. The lowest BCUT2D eigenvalue weighted by Crippen LogP contribution is -2.29. The Labute approximate surface area is 146 Å². The average Bonchev–Trinajstić information content (AvgIpc) is 3.00. The Morgan fingerprint density at radius 1 is 1.50 bits per heavy atom. The van der Waals surface area contributed by atoms with Gasteiger partial charge in [0.15, 0.2) is 12.4 Å². The third kappa shape index (κ3) is 5.33. The lowest BCUT2D eigenvalue weighted by atomic mass is 10.1. The van der Waals surface area contributed by atoms with Crippen molar-refractivity contribution >= 4 is 24.1 Å². The van der Waals surface area contributed by atoms with E-state index >= 15 is 0 Å². The Morgan fingerprint density at radius 2 is 2.25 bits per heavy atom. The van der Waals surface area contributed by atoms with Crippen LogP contribution in [0.1, 0.15) is 12.0 Å². The Bertz CT molecular complexity index is 584. The molecular weight excluding hydrogens is 338 g/mol. The molecule has 1 aromatic rings. The molecule has 0 saturated carbocycles. The van der Waals surface area contributed by atoms with Gasteiger partial charge in [0, 0.05) is 31.7 Å². The van der Waals surface area contributed by atoms with Gasteiger partial charge < -0.3 is 14.8 Å². The molecule has 1 aliphatic heterocycles. The molecule has 2 rings (SSSR count). The number of benzene rings is 1. The number of nitrogens with one attached hydrogen (secondary N) is 1. The number of carbonyl (C=O) groups is 1. The highest BCUT2D eigenvalue weighted by Gasteiger charge is 2.22. The normalized spacial score (nSPS) is 17.2. The predicted octanol–water partition coefficient (Wildman–Crippen LogP) is 1.36. The highest BCUT2D eigenvalue weighted by molar-refractivity contribution is 5.85. The number of esters is 1. The molecule has 0 radical (unpaired) electrons. The van der Waals surface area contributed by atoms with Crippen LogP contribution < -0.4 is 10.1 Å². The van der Waals surface area contributed by atoms with E-state index in [0.717, 1.165) is 25.1 Å². The summed E-state index contributed by atoms with van der Waals surface area (Å²) in [5.74, 6) is -0.516. The maximum Gasteiger partial charge on any atom is 0.343 e. The number of likely N-dealkylation sites (tertiary alicyclic amines) is 1. The van der Waals surface area contributed by atoms with Crippen molar-refractivity contribution in [3.8, 4) is 5.75 Å². The molecule has 1 unspecified atom stereocenters. The first kappa shape index (κ1) is 20.1. The maximum absolute atomic E-state index is 11.2. The number of ether oxygens (including phenoxy) is 2. The van der Waals surface area contributed by atoms with E-state index in [4.69, 9.17) is 4.74 Å². The van der Waals surface area contributed by atoms with E-state index in [2.05, 4.69) is 15.0 Å². The summed E-state index contributed by atoms with van der Waals surface area (Å²) in [6, 6.07) is 5.28. The molecule has 0 amide bonds. The summed E-state index contributed by atoms with van der Waals surface area (Å²) in [6.07, 6.45) is 1.07. The van der Waals surface area contributed by atoms with Gasteiger partial charge in [0.2, 0.25) is 0 Å². The zero-order valence-electron chi connectivity index (χ0n) is 13.7. The topological polar surface area (TPSA) is 93.9 Å². The van der Waals surface area contributed by atoms with E-state index in [0.29, 0.717) is 12.6 Å². The van der Waals surface area contributed by atoms with Crippen LogP contribution in [0.2, 0.25) is 0 Å². The Balaban J connectivity index is 0.00000288. The largest absolute Gasteiger partial charge is 0.475 e. The summed E-state index contributed by atoms with van der Waals surface area (Å²) in [5, 5.41) is 14.4. The van der Waals surface area contributed by atoms with E-state index in [1.807, 2.05) is 7.05 Å². The van der Waals surface area contributed by atoms with E-state index in [1.54, 1.807) is 6.07 Å². The van der Waals surface area contributed by atoms with Crippen LogP contribution in [0.3, 0.4) is 0 Å². The van der Waals surface area contributed by atoms with E-state index < -0.39 is 10.9 Å². The SMILES string of the molecule is CNC1CCN(Cc2ccc(OCC(=O)OC)c([N+](=O)[O-])c2)C1.Cl. The van der Waals surface area contributed by atoms with Crippen LogP contribution in [0, 0.1) is 10.1 Å². The summed E-state index contributed by atoms with van der Waals surface area (Å²) < 4.78 is 9.63. The van der Waals surface area contributed by atoms with Crippen molar-refractivity contribution in [3.63, 3.8) is 0 Å². The van der Waals surface area contributed by atoms with Gasteiger partial charge in [0.05, 0.1) is 12.0 Å². The molecule has 0 spiro atoms. The van der Waals surface area contributed by atoms with Crippen molar-refractivity contribution in [2.24, 2.45) is 0 Å². The van der Waals surface area contributed by atoms with Crippen LogP contribution in [0.25, 0.3) is 0 Å². The maximum atomic E-state index is 11.2. The molecule has 0 bridgehead atoms. The molecule has 9 heteroatoms. The zero-order valence-corrected chi connectivity index (χ0v) is 14.5. The molecule has 0 aliphatic carbocycles. The zero-order chi connectivity index (χ0) is 16.8. The van der Waals surface area contributed by atoms with Crippen LogP contribution in [0.15, 0.2) is 18.2 Å². The smallest absolute Gasteiger partial charge is 0.343 e. The van der Waals surface area contributed by atoms with E-state index in [9.17, 15) is 14.9 Å². The fraction of sp³-hybridized carbons (Fsp3) is 0.533. The first-order chi connectivity index (χ1) is 11.0. The van der Waals surface area contributed by atoms with Gasteiger partial charge in [-0.15, -0.1) is 12.4 Å². The van der Waals surface area contributed by atoms with Gasteiger partial charge in [-0.05, 0) is 25.1 Å². The average molecular weight is 360 g/mol. The minimum atomic E-state index is -0.585. The minimum Gasteiger partial charge on any atom is -0.475 e. The van der Waals surface area contributed by atoms with Gasteiger partial charge >= 0.3 is 11.7 Å². The second-order valence-corrected chi connectivity index (χ2v) is 5.43. The third-order valence-corrected chi connectivity index (χ3v) is 3.88. The van der Waals surface area contributed by atoms with Crippen molar-refractivity contribution in [2.75, 3.05) is 33.9 Å². The highest BCUT2D eigenvalue weighted by Crippen LogP contribution is 2.29. The van der Waals surface area contributed by atoms with Gasteiger partial charge in [-0.1, -0.05) is 6.07 Å².